The molecule has 2 heterocycles. The highest BCUT2D eigenvalue weighted by Crippen LogP contribution is 2.65. The van der Waals surface area contributed by atoms with Gasteiger partial charge in [-0.25, -0.2) is 9.78 Å². The van der Waals surface area contributed by atoms with Gasteiger partial charge in [0.05, 0.1) is 11.8 Å². The van der Waals surface area contributed by atoms with Gasteiger partial charge in [0.2, 0.25) is 0 Å². The number of aromatic nitrogens is 1. The maximum atomic E-state index is 12.5. The predicted molar refractivity (Wildman–Crippen MR) is 133 cm³/mol. The summed E-state index contributed by atoms with van der Waals surface area (Å²) in [5.74, 6) is 0.318. The topological polar surface area (TPSA) is 72.6 Å². The molecular weight excluding hydrogens is 440 g/mol. The molecule has 1 unspecified atom stereocenters. The Kier molecular flexibility index (Phi) is 5.78. The van der Waals surface area contributed by atoms with E-state index in [1.165, 1.54) is 24.4 Å². The first-order valence-electron chi connectivity index (χ1n) is 12.3. The second-order valence-electron chi connectivity index (χ2n) is 10.9. The van der Waals surface area contributed by atoms with E-state index in [4.69, 9.17) is 9.15 Å². The van der Waals surface area contributed by atoms with Gasteiger partial charge in [-0.3, -0.25) is 4.79 Å². The summed E-state index contributed by atoms with van der Waals surface area (Å²) in [7, 11) is 0. The second-order valence-corrected chi connectivity index (χ2v) is 10.9. The van der Waals surface area contributed by atoms with Crippen molar-refractivity contribution >= 4 is 11.9 Å². The Morgan fingerprint density at radius 2 is 1.80 bits per heavy atom. The quantitative estimate of drug-likeness (QED) is 0.435. The molecule has 6 nitrogen and oxygen atoms in total. The van der Waals surface area contributed by atoms with Crippen molar-refractivity contribution in [1.29, 1.82) is 0 Å². The van der Waals surface area contributed by atoms with Crippen LogP contribution in [0.4, 0.5) is 0 Å². The van der Waals surface area contributed by atoms with E-state index in [0.29, 0.717) is 16.9 Å². The number of nitrogens with zero attached hydrogens (tertiary/aromatic N) is 2. The molecule has 2 fully saturated rings. The third-order valence-electron chi connectivity index (χ3n) is 7.34. The molecule has 1 saturated heterocycles. The maximum absolute atomic E-state index is 12.5. The third kappa shape index (κ3) is 4.75. The van der Waals surface area contributed by atoms with Gasteiger partial charge in [-0.2, -0.15) is 0 Å². The summed E-state index contributed by atoms with van der Waals surface area (Å²) in [6, 6.07) is 14.6. The number of hydrogen-bond acceptors (Lipinski definition) is 5. The van der Waals surface area contributed by atoms with Crippen LogP contribution in [0.15, 0.2) is 59.3 Å². The van der Waals surface area contributed by atoms with Crippen molar-refractivity contribution in [3.05, 3.63) is 77.5 Å². The average Bonchev–Trinajstić information content (AvgIpc) is 3.24. The molecule has 0 bridgehead atoms. The smallest absolute Gasteiger partial charge is 0.338 e. The van der Waals surface area contributed by atoms with Crippen molar-refractivity contribution in [3.8, 4) is 11.1 Å². The molecule has 0 radical (unpaired) electrons. The number of esters is 1. The summed E-state index contributed by atoms with van der Waals surface area (Å²) in [5, 5.41) is 0. The van der Waals surface area contributed by atoms with Crippen LogP contribution in [-0.4, -0.2) is 40.5 Å². The largest absolute Gasteiger partial charge is 0.456 e. The minimum atomic E-state index is -0.511. The zero-order chi connectivity index (χ0) is 24.8. The van der Waals surface area contributed by atoms with E-state index < -0.39 is 5.60 Å². The Morgan fingerprint density at radius 3 is 2.40 bits per heavy atom. The number of ether oxygens (including phenoxy) is 1. The first-order valence-corrected chi connectivity index (χ1v) is 12.3. The lowest BCUT2D eigenvalue weighted by Crippen LogP contribution is -2.39. The zero-order valence-corrected chi connectivity index (χ0v) is 20.8. The SMILES string of the molecule is Cc1cc(C(=O)OC(C)(C)C)ccc1-c1ccc(C2CC23CCN(C(=O)c2ncco2)CC3)cc1. The van der Waals surface area contributed by atoms with Crippen molar-refractivity contribution in [1.82, 2.24) is 9.88 Å². The van der Waals surface area contributed by atoms with Crippen LogP contribution in [0.2, 0.25) is 0 Å². The summed E-state index contributed by atoms with van der Waals surface area (Å²) in [6.45, 7) is 9.15. The van der Waals surface area contributed by atoms with Crippen molar-refractivity contribution < 1.29 is 18.7 Å². The highest BCUT2D eigenvalue weighted by atomic mass is 16.6. The Hall–Kier alpha value is -3.41. The molecule has 2 aromatic carbocycles. The molecule has 2 aliphatic rings. The normalized spacial score (nSPS) is 19.0. The minimum absolute atomic E-state index is 0.112. The number of benzene rings is 2. The van der Waals surface area contributed by atoms with Crippen LogP contribution in [-0.2, 0) is 4.74 Å². The number of hydrogen-bond donors (Lipinski definition) is 0. The van der Waals surface area contributed by atoms with E-state index in [-0.39, 0.29) is 17.8 Å². The molecule has 3 aromatic rings. The van der Waals surface area contributed by atoms with E-state index in [0.717, 1.165) is 42.6 Å². The van der Waals surface area contributed by atoms with Gasteiger partial charge in [-0.15, -0.1) is 0 Å². The second kappa shape index (κ2) is 8.67. The van der Waals surface area contributed by atoms with Gasteiger partial charge < -0.3 is 14.1 Å². The molecule has 1 atom stereocenters. The Bertz CT molecular complexity index is 1230. The van der Waals surface area contributed by atoms with Crippen molar-refractivity contribution in [2.45, 2.75) is 58.5 Å². The number of carbonyl (C=O) groups is 2. The van der Waals surface area contributed by atoms with Crippen LogP contribution < -0.4 is 0 Å². The number of piperidine rings is 1. The maximum Gasteiger partial charge on any atom is 0.338 e. The summed E-state index contributed by atoms with van der Waals surface area (Å²) >= 11 is 0. The van der Waals surface area contributed by atoms with Crippen LogP contribution in [0.25, 0.3) is 11.1 Å². The monoisotopic (exact) mass is 472 g/mol. The fourth-order valence-electron chi connectivity index (χ4n) is 5.34. The van der Waals surface area contributed by atoms with Crippen molar-refractivity contribution in [2.75, 3.05) is 13.1 Å². The van der Waals surface area contributed by atoms with Gasteiger partial charge in [0.1, 0.15) is 11.9 Å². The molecule has 1 aliphatic heterocycles. The molecule has 1 saturated carbocycles. The van der Waals surface area contributed by atoms with Crippen LogP contribution in [0.3, 0.4) is 0 Å². The lowest BCUT2D eigenvalue weighted by molar-refractivity contribution is 0.00693. The van der Waals surface area contributed by atoms with Crippen molar-refractivity contribution in [3.63, 3.8) is 0 Å². The number of rotatable bonds is 4. The molecule has 35 heavy (non-hydrogen) atoms. The van der Waals surface area contributed by atoms with Crippen LogP contribution in [0.1, 0.15) is 78.1 Å². The number of carbonyl (C=O) groups excluding carboxylic acids is 2. The standard InChI is InChI=1S/C29H32N2O4/c1-19-17-22(27(33)35-28(2,3)4)9-10-23(19)20-5-7-21(8-6-20)24-18-29(24)11-14-31(15-12-29)26(32)25-30-13-16-34-25/h5-10,13,16-17,24H,11-12,14-15,18H2,1-4H3. The van der Waals surface area contributed by atoms with Gasteiger partial charge in [0.15, 0.2) is 0 Å². The van der Waals surface area contributed by atoms with E-state index in [2.05, 4.69) is 29.2 Å². The number of amides is 1. The minimum Gasteiger partial charge on any atom is -0.456 e. The van der Waals surface area contributed by atoms with Gasteiger partial charge in [-0.05, 0) is 92.7 Å². The summed E-state index contributed by atoms with van der Waals surface area (Å²) in [4.78, 5) is 30.8. The van der Waals surface area contributed by atoms with E-state index in [1.54, 1.807) is 0 Å². The number of likely N-dealkylation sites (tertiary alicyclic amines) is 1. The first-order chi connectivity index (χ1) is 16.7. The number of oxazole rings is 1. The molecule has 6 heteroatoms. The molecule has 5 rings (SSSR count). The highest BCUT2D eigenvalue weighted by Gasteiger charge is 2.55. The summed E-state index contributed by atoms with van der Waals surface area (Å²) < 4.78 is 10.7. The molecular formula is C29H32N2O4. The predicted octanol–water partition coefficient (Wildman–Crippen LogP) is 6.02. The van der Waals surface area contributed by atoms with Crippen LogP contribution in [0, 0.1) is 12.3 Å². The number of aryl methyl sites for hydroxylation is 1. The first kappa shape index (κ1) is 23.3. The zero-order valence-electron chi connectivity index (χ0n) is 20.8. The Morgan fingerprint density at radius 1 is 1.09 bits per heavy atom. The van der Waals surface area contributed by atoms with Crippen molar-refractivity contribution in [2.24, 2.45) is 5.41 Å². The molecule has 1 spiro atoms. The van der Waals surface area contributed by atoms with Crippen LogP contribution >= 0.6 is 0 Å². The summed E-state index contributed by atoms with van der Waals surface area (Å²) in [5.41, 5.74) is 5.04. The molecule has 0 N–H and O–H groups in total. The Labute approximate surface area is 206 Å². The Balaban J connectivity index is 1.23. The highest BCUT2D eigenvalue weighted by molar-refractivity contribution is 5.91. The summed E-state index contributed by atoms with van der Waals surface area (Å²) in [6.07, 6.45) is 6.15. The van der Waals surface area contributed by atoms with E-state index in [9.17, 15) is 9.59 Å². The van der Waals surface area contributed by atoms with Gasteiger partial charge >= 0.3 is 11.9 Å². The lowest BCUT2D eigenvalue weighted by Gasteiger charge is -2.32. The molecule has 1 aliphatic carbocycles. The average molecular weight is 473 g/mol. The van der Waals surface area contributed by atoms with Gasteiger partial charge in [-0.1, -0.05) is 30.3 Å². The lowest BCUT2D eigenvalue weighted by atomic mass is 9.88. The third-order valence-corrected chi connectivity index (χ3v) is 7.34. The molecule has 1 aromatic heterocycles. The van der Waals surface area contributed by atoms with E-state index in [1.807, 2.05) is 50.8 Å². The fourth-order valence-corrected chi connectivity index (χ4v) is 5.34. The van der Waals surface area contributed by atoms with Gasteiger partial charge in [0, 0.05) is 13.1 Å². The molecule has 1 amide bonds. The fraction of sp³-hybridized carbons (Fsp3) is 0.414. The van der Waals surface area contributed by atoms with E-state index >= 15 is 0 Å². The van der Waals surface area contributed by atoms with Gasteiger partial charge in [0.25, 0.3) is 5.89 Å². The molecule has 182 valence electrons. The van der Waals surface area contributed by atoms with Crippen LogP contribution in [0.5, 0.6) is 0 Å².